The minimum absolute atomic E-state index is 0.0107. The molecule has 1 aliphatic rings. The first-order chi connectivity index (χ1) is 13.7. The molecule has 1 aromatic heterocycles. The first kappa shape index (κ1) is 18.8. The van der Waals surface area contributed by atoms with Crippen molar-refractivity contribution in [3.63, 3.8) is 0 Å². The molecule has 6 heteroatoms. The highest BCUT2D eigenvalue weighted by molar-refractivity contribution is 7.18. The molecule has 2 N–H and O–H groups in total. The molecule has 3 aromatic rings. The number of aromatic nitrogens is 1. The molecule has 0 saturated carbocycles. The number of hydrogen-bond donors (Lipinski definition) is 1. The molecule has 4 rings (SSSR count). The molecule has 1 aliphatic heterocycles. The number of piperidine rings is 1. The van der Waals surface area contributed by atoms with Gasteiger partial charge in [-0.05, 0) is 25.3 Å². The van der Waals surface area contributed by atoms with Crippen LogP contribution in [-0.2, 0) is 0 Å². The zero-order valence-electron chi connectivity index (χ0n) is 15.5. The van der Waals surface area contributed by atoms with Crippen molar-refractivity contribution >= 4 is 17.2 Å². The predicted octanol–water partition coefficient (Wildman–Crippen LogP) is 4.57. The molecule has 4 nitrogen and oxygen atoms in total. The summed E-state index contributed by atoms with van der Waals surface area (Å²) in [6.45, 7) is 1.09. The van der Waals surface area contributed by atoms with E-state index >= 15 is 0 Å². The summed E-state index contributed by atoms with van der Waals surface area (Å²) in [7, 11) is 0. The van der Waals surface area contributed by atoms with Gasteiger partial charge in [0.2, 0.25) is 0 Å². The van der Waals surface area contributed by atoms with E-state index in [0.29, 0.717) is 34.2 Å². The molecule has 0 bridgehead atoms. The van der Waals surface area contributed by atoms with Gasteiger partial charge in [-0.25, -0.2) is 9.37 Å². The third-order valence-electron chi connectivity index (χ3n) is 5.13. The molecule has 1 unspecified atom stereocenters. The van der Waals surface area contributed by atoms with Crippen molar-refractivity contribution in [3.8, 4) is 21.0 Å². The summed E-state index contributed by atoms with van der Waals surface area (Å²) in [6, 6.07) is 16.2. The summed E-state index contributed by atoms with van der Waals surface area (Å²) < 4.78 is 14.5. The molecule has 1 fully saturated rings. The lowest BCUT2D eigenvalue weighted by atomic mass is 10.0. The highest BCUT2D eigenvalue weighted by Gasteiger charge is 2.31. The molecule has 0 radical (unpaired) electrons. The number of thiazole rings is 1. The molecule has 144 valence electrons. The summed E-state index contributed by atoms with van der Waals surface area (Å²) >= 11 is 1.35. The Kier molecular flexibility index (Phi) is 5.50. The van der Waals surface area contributed by atoms with Crippen LogP contribution >= 0.6 is 11.3 Å². The summed E-state index contributed by atoms with van der Waals surface area (Å²) in [6.07, 6.45) is 2.91. The van der Waals surface area contributed by atoms with Crippen molar-refractivity contribution in [1.82, 2.24) is 9.88 Å². The highest BCUT2D eigenvalue weighted by Crippen LogP contribution is 2.37. The number of nitrogens with zero attached hydrogens (tertiary/aromatic N) is 2. The topological polar surface area (TPSA) is 59.2 Å². The van der Waals surface area contributed by atoms with Gasteiger partial charge < -0.3 is 10.6 Å². The second-order valence-corrected chi connectivity index (χ2v) is 7.93. The standard InChI is InChI=1S/C22H22FN3OS/c23-18-12-5-4-11-17(18)20-19(22(27)26-13-7-6-10-16(26)14-24)25-21(28-20)15-8-2-1-3-9-15/h1-5,8-9,11-12,16H,6-7,10,13-14,24H2. The maximum atomic E-state index is 14.5. The van der Waals surface area contributed by atoms with Crippen LogP contribution in [0.3, 0.4) is 0 Å². The zero-order chi connectivity index (χ0) is 19.5. The summed E-state index contributed by atoms with van der Waals surface area (Å²) in [5, 5.41) is 0.712. The van der Waals surface area contributed by atoms with Gasteiger partial charge in [0.25, 0.3) is 5.91 Å². The Balaban J connectivity index is 1.82. The third-order valence-corrected chi connectivity index (χ3v) is 6.27. The van der Waals surface area contributed by atoms with Crippen LogP contribution in [0.4, 0.5) is 4.39 Å². The second kappa shape index (κ2) is 8.20. The molecule has 0 aliphatic carbocycles. The smallest absolute Gasteiger partial charge is 0.274 e. The molecular formula is C22H22FN3OS. The molecule has 1 saturated heterocycles. The minimum atomic E-state index is -0.353. The van der Waals surface area contributed by atoms with Gasteiger partial charge in [-0.15, -0.1) is 11.3 Å². The maximum Gasteiger partial charge on any atom is 0.274 e. The molecule has 0 spiro atoms. The van der Waals surface area contributed by atoms with Crippen molar-refractivity contribution in [2.45, 2.75) is 25.3 Å². The highest BCUT2D eigenvalue weighted by atomic mass is 32.1. The first-order valence-electron chi connectivity index (χ1n) is 9.51. The van der Waals surface area contributed by atoms with E-state index in [2.05, 4.69) is 4.98 Å². The maximum absolute atomic E-state index is 14.5. The van der Waals surface area contributed by atoms with E-state index in [1.54, 1.807) is 18.2 Å². The fourth-order valence-corrected chi connectivity index (χ4v) is 4.74. The van der Waals surface area contributed by atoms with Crippen molar-refractivity contribution in [1.29, 1.82) is 0 Å². The van der Waals surface area contributed by atoms with Crippen molar-refractivity contribution in [2.75, 3.05) is 13.1 Å². The van der Waals surface area contributed by atoms with Crippen LogP contribution < -0.4 is 5.73 Å². The van der Waals surface area contributed by atoms with Gasteiger partial charge in [-0.1, -0.05) is 48.5 Å². The van der Waals surface area contributed by atoms with E-state index in [1.165, 1.54) is 17.4 Å². The van der Waals surface area contributed by atoms with Gasteiger partial charge in [-0.3, -0.25) is 4.79 Å². The number of nitrogens with two attached hydrogens (primary N) is 1. The summed E-state index contributed by atoms with van der Waals surface area (Å²) in [4.78, 5) is 20.5. The Bertz CT molecular complexity index is 973. The number of rotatable bonds is 4. The van der Waals surface area contributed by atoms with Gasteiger partial charge in [0.05, 0.1) is 4.88 Å². The van der Waals surface area contributed by atoms with Gasteiger partial charge in [0.15, 0.2) is 0 Å². The number of hydrogen-bond acceptors (Lipinski definition) is 4. The quantitative estimate of drug-likeness (QED) is 0.704. The molecule has 2 heterocycles. The summed E-state index contributed by atoms with van der Waals surface area (Å²) in [5.74, 6) is -0.513. The molecule has 1 atom stereocenters. The number of amides is 1. The van der Waals surface area contributed by atoms with Gasteiger partial charge in [0, 0.05) is 30.3 Å². The number of benzene rings is 2. The number of halogens is 1. The van der Waals surface area contributed by atoms with Gasteiger partial charge >= 0.3 is 0 Å². The number of carbonyl (C=O) groups excluding carboxylic acids is 1. The SMILES string of the molecule is NCC1CCCCN1C(=O)c1nc(-c2ccccc2)sc1-c1ccccc1F. The average molecular weight is 396 g/mol. The van der Waals surface area contributed by atoms with Crippen molar-refractivity contribution < 1.29 is 9.18 Å². The van der Waals surface area contributed by atoms with Crippen LogP contribution in [0.15, 0.2) is 54.6 Å². The van der Waals surface area contributed by atoms with E-state index in [9.17, 15) is 9.18 Å². The molecule has 2 aromatic carbocycles. The Hall–Kier alpha value is -2.57. The van der Waals surface area contributed by atoms with Crippen LogP contribution in [-0.4, -0.2) is 34.9 Å². The monoisotopic (exact) mass is 395 g/mol. The fraction of sp³-hybridized carbons (Fsp3) is 0.273. The van der Waals surface area contributed by atoms with Crippen LogP contribution in [0.2, 0.25) is 0 Å². The van der Waals surface area contributed by atoms with E-state index in [-0.39, 0.29) is 17.8 Å². The first-order valence-corrected chi connectivity index (χ1v) is 10.3. The van der Waals surface area contributed by atoms with Gasteiger partial charge in [0.1, 0.15) is 16.5 Å². The lowest BCUT2D eigenvalue weighted by molar-refractivity contribution is 0.0619. The predicted molar refractivity (Wildman–Crippen MR) is 111 cm³/mol. The average Bonchev–Trinajstić information content (AvgIpc) is 3.19. The lowest BCUT2D eigenvalue weighted by Crippen LogP contribution is -2.47. The largest absolute Gasteiger partial charge is 0.333 e. The van der Waals surface area contributed by atoms with Crippen LogP contribution in [0.25, 0.3) is 21.0 Å². The van der Waals surface area contributed by atoms with E-state index in [1.807, 2.05) is 35.2 Å². The molecule has 1 amide bonds. The van der Waals surface area contributed by atoms with Crippen LogP contribution in [0.1, 0.15) is 29.8 Å². The minimum Gasteiger partial charge on any atom is -0.333 e. The number of likely N-dealkylation sites (tertiary alicyclic amines) is 1. The number of carbonyl (C=O) groups is 1. The Labute approximate surface area is 167 Å². The lowest BCUT2D eigenvalue weighted by Gasteiger charge is -2.34. The van der Waals surface area contributed by atoms with E-state index < -0.39 is 0 Å². The second-order valence-electron chi connectivity index (χ2n) is 6.93. The van der Waals surface area contributed by atoms with Crippen LogP contribution in [0.5, 0.6) is 0 Å². The Morgan fingerprint density at radius 1 is 1.14 bits per heavy atom. The van der Waals surface area contributed by atoms with Gasteiger partial charge in [-0.2, -0.15) is 0 Å². The van der Waals surface area contributed by atoms with Crippen LogP contribution in [0, 0.1) is 5.82 Å². The Morgan fingerprint density at radius 2 is 1.89 bits per heavy atom. The molecule has 28 heavy (non-hydrogen) atoms. The van der Waals surface area contributed by atoms with E-state index in [4.69, 9.17) is 5.73 Å². The zero-order valence-corrected chi connectivity index (χ0v) is 16.3. The van der Waals surface area contributed by atoms with Crippen molar-refractivity contribution in [3.05, 3.63) is 66.1 Å². The Morgan fingerprint density at radius 3 is 2.64 bits per heavy atom. The van der Waals surface area contributed by atoms with E-state index in [0.717, 1.165) is 24.8 Å². The normalized spacial score (nSPS) is 16.9. The summed E-state index contributed by atoms with van der Waals surface area (Å²) in [5.41, 5.74) is 7.55. The third kappa shape index (κ3) is 3.57. The van der Waals surface area contributed by atoms with Crippen molar-refractivity contribution in [2.24, 2.45) is 5.73 Å². The fourth-order valence-electron chi connectivity index (χ4n) is 3.65. The molecular weight excluding hydrogens is 373 g/mol.